The molecule has 8 heteroatoms. The van der Waals surface area contributed by atoms with Crippen LogP contribution >= 0.6 is 23.2 Å². The lowest BCUT2D eigenvalue weighted by Crippen LogP contribution is -2.01. The maximum atomic E-state index is 6.09. The van der Waals surface area contributed by atoms with E-state index in [1.54, 1.807) is 18.2 Å². The van der Waals surface area contributed by atoms with Crippen LogP contribution in [0.4, 0.5) is 11.6 Å². The summed E-state index contributed by atoms with van der Waals surface area (Å²) in [6, 6.07) is 14.8. The van der Waals surface area contributed by atoms with Gasteiger partial charge in [-0.2, -0.15) is 5.10 Å². The highest BCUT2D eigenvalue weighted by molar-refractivity contribution is 6.38. The number of nitrogens with zero attached hydrogens (tertiary/aromatic N) is 5. The van der Waals surface area contributed by atoms with Gasteiger partial charge in [0.15, 0.2) is 0 Å². The highest BCUT2D eigenvalue weighted by Crippen LogP contribution is 2.22. The van der Waals surface area contributed by atoms with Crippen LogP contribution < -0.4 is 5.32 Å². The number of hydrogen-bond donors (Lipinski definition) is 1. The van der Waals surface area contributed by atoms with Gasteiger partial charge in [-0.15, -0.1) is 0 Å². The highest BCUT2D eigenvalue weighted by Gasteiger charge is 2.06. The smallest absolute Gasteiger partial charge is 0.269 e. The first-order valence-electron chi connectivity index (χ1n) is 6.33. The van der Waals surface area contributed by atoms with Crippen LogP contribution in [0, 0.1) is 0 Å². The van der Waals surface area contributed by atoms with Gasteiger partial charge < -0.3 is 5.32 Å². The molecular weight excluding hydrogens is 323 g/mol. The van der Waals surface area contributed by atoms with E-state index in [0.717, 1.165) is 5.69 Å². The molecule has 22 heavy (non-hydrogen) atoms. The number of aromatic nitrogens is 4. The molecule has 3 rings (SSSR count). The van der Waals surface area contributed by atoms with E-state index in [-0.39, 0.29) is 0 Å². The van der Waals surface area contributed by atoms with Crippen LogP contribution in [-0.4, -0.2) is 26.5 Å². The summed E-state index contributed by atoms with van der Waals surface area (Å²) in [6.07, 6.45) is 1.51. The molecule has 0 bridgehead atoms. The molecule has 1 N–H and O–H groups in total. The van der Waals surface area contributed by atoms with E-state index in [2.05, 4.69) is 25.9 Å². The van der Waals surface area contributed by atoms with Gasteiger partial charge in [-0.1, -0.05) is 57.4 Å². The number of nitrogens with one attached hydrogen (secondary N) is 1. The van der Waals surface area contributed by atoms with E-state index >= 15 is 0 Å². The zero-order chi connectivity index (χ0) is 15.4. The molecule has 0 atom stereocenters. The van der Waals surface area contributed by atoms with Crippen LogP contribution in [0.15, 0.2) is 53.6 Å². The lowest BCUT2D eigenvalue weighted by molar-refractivity contribution is 0.699. The predicted molar refractivity (Wildman–Crippen MR) is 87.0 cm³/mol. The Kier molecular flexibility index (Phi) is 4.32. The van der Waals surface area contributed by atoms with Crippen molar-refractivity contribution in [2.24, 2.45) is 5.10 Å². The van der Waals surface area contributed by atoms with E-state index < -0.39 is 0 Å². The molecule has 2 aromatic carbocycles. The lowest BCUT2D eigenvalue weighted by atomic mass is 10.2. The summed E-state index contributed by atoms with van der Waals surface area (Å²) >= 11 is 12.2. The number of para-hydroxylation sites is 1. The third kappa shape index (κ3) is 3.24. The summed E-state index contributed by atoms with van der Waals surface area (Å²) in [5.74, 6) is 0.380. The molecule has 0 radical (unpaired) electrons. The van der Waals surface area contributed by atoms with Crippen molar-refractivity contribution >= 4 is 41.1 Å². The Morgan fingerprint density at radius 3 is 2.45 bits per heavy atom. The van der Waals surface area contributed by atoms with Gasteiger partial charge in [-0.25, -0.2) is 0 Å². The SMILES string of the molecule is Clc1cccc(Cl)c1C=Nn1nnnc1Nc1ccccc1. The van der Waals surface area contributed by atoms with Crippen molar-refractivity contribution in [1.82, 2.24) is 20.3 Å². The van der Waals surface area contributed by atoms with E-state index in [1.807, 2.05) is 30.3 Å². The predicted octanol–water partition coefficient (Wildman–Crippen LogP) is 3.61. The minimum absolute atomic E-state index is 0.380. The van der Waals surface area contributed by atoms with E-state index in [1.165, 1.54) is 11.0 Å². The van der Waals surface area contributed by atoms with Gasteiger partial charge in [-0.05, 0) is 34.7 Å². The first-order valence-corrected chi connectivity index (χ1v) is 7.08. The van der Waals surface area contributed by atoms with Crippen LogP contribution in [0.5, 0.6) is 0 Å². The maximum absolute atomic E-state index is 6.09. The Morgan fingerprint density at radius 1 is 1.00 bits per heavy atom. The number of rotatable bonds is 4. The second-order valence-electron chi connectivity index (χ2n) is 4.26. The van der Waals surface area contributed by atoms with E-state index in [4.69, 9.17) is 23.2 Å². The van der Waals surface area contributed by atoms with Crippen molar-refractivity contribution in [2.75, 3.05) is 5.32 Å². The molecule has 0 saturated carbocycles. The third-order valence-electron chi connectivity index (χ3n) is 2.78. The maximum Gasteiger partial charge on any atom is 0.269 e. The van der Waals surface area contributed by atoms with Crippen molar-refractivity contribution < 1.29 is 0 Å². The molecule has 0 amide bonds. The molecule has 0 aliphatic heterocycles. The molecule has 0 unspecified atom stereocenters. The van der Waals surface area contributed by atoms with Gasteiger partial charge in [0.05, 0.1) is 16.3 Å². The Morgan fingerprint density at radius 2 is 1.73 bits per heavy atom. The summed E-state index contributed by atoms with van der Waals surface area (Å²) in [5.41, 5.74) is 1.46. The van der Waals surface area contributed by atoms with Crippen molar-refractivity contribution in [1.29, 1.82) is 0 Å². The molecule has 0 aliphatic rings. The molecule has 0 saturated heterocycles. The topological polar surface area (TPSA) is 68.0 Å². The van der Waals surface area contributed by atoms with Crippen LogP contribution in [0.25, 0.3) is 0 Å². The first-order chi connectivity index (χ1) is 10.7. The van der Waals surface area contributed by atoms with Crippen LogP contribution in [-0.2, 0) is 0 Å². The molecule has 3 aromatic rings. The fourth-order valence-electron chi connectivity index (χ4n) is 1.73. The van der Waals surface area contributed by atoms with Crippen molar-refractivity contribution in [3.05, 3.63) is 64.1 Å². The quantitative estimate of drug-likeness (QED) is 0.741. The lowest BCUT2D eigenvalue weighted by Gasteiger charge is -2.03. The van der Waals surface area contributed by atoms with Crippen LogP contribution in [0.2, 0.25) is 10.0 Å². The molecule has 110 valence electrons. The largest absolute Gasteiger partial charge is 0.321 e. The van der Waals surface area contributed by atoms with Gasteiger partial charge >= 0.3 is 0 Å². The van der Waals surface area contributed by atoms with Gasteiger partial charge in [0.1, 0.15) is 0 Å². The fourth-order valence-corrected chi connectivity index (χ4v) is 2.23. The third-order valence-corrected chi connectivity index (χ3v) is 3.44. The van der Waals surface area contributed by atoms with Crippen molar-refractivity contribution in [2.45, 2.75) is 0 Å². The van der Waals surface area contributed by atoms with Gasteiger partial charge in [0.25, 0.3) is 5.95 Å². The highest BCUT2D eigenvalue weighted by atomic mass is 35.5. The molecule has 0 fully saturated rings. The Bertz CT molecular complexity index is 780. The second kappa shape index (κ2) is 6.55. The monoisotopic (exact) mass is 332 g/mol. The molecule has 0 spiro atoms. The van der Waals surface area contributed by atoms with Gasteiger partial charge in [-0.3, -0.25) is 0 Å². The number of anilines is 2. The summed E-state index contributed by atoms with van der Waals surface area (Å²) in [5, 5.41) is 19.5. The van der Waals surface area contributed by atoms with Gasteiger partial charge in [0, 0.05) is 11.3 Å². The summed E-state index contributed by atoms with van der Waals surface area (Å²) < 4.78 is 0. The average Bonchev–Trinajstić information content (AvgIpc) is 2.95. The zero-order valence-electron chi connectivity index (χ0n) is 11.2. The van der Waals surface area contributed by atoms with E-state index in [9.17, 15) is 0 Å². The minimum atomic E-state index is 0.380. The number of benzene rings is 2. The van der Waals surface area contributed by atoms with Crippen molar-refractivity contribution in [3.63, 3.8) is 0 Å². The molecular formula is C14H10Cl2N6. The second-order valence-corrected chi connectivity index (χ2v) is 5.08. The number of tetrazole rings is 1. The minimum Gasteiger partial charge on any atom is -0.321 e. The van der Waals surface area contributed by atoms with Crippen LogP contribution in [0.1, 0.15) is 5.56 Å². The van der Waals surface area contributed by atoms with E-state index in [0.29, 0.717) is 21.6 Å². The Hall–Kier alpha value is -2.44. The number of halogens is 2. The summed E-state index contributed by atoms with van der Waals surface area (Å²) in [4.78, 5) is 1.26. The molecule has 1 heterocycles. The number of hydrogen-bond acceptors (Lipinski definition) is 5. The first kappa shape index (κ1) is 14.5. The van der Waals surface area contributed by atoms with Crippen molar-refractivity contribution in [3.8, 4) is 0 Å². The molecule has 1 aromatic heterocycles. The fraction of sp³-hybridized carbons (Fsp3) is 0. The Balaban J connectivity index is 1.85. The summed E-state index contributed by atoms with van der Waals surface area (Å²) in [7, 11) is 0. The average molecular weight is 333 g/mol. The molecule has 0 aliphatic carbocycles. The molecule has 6 nitrogen and oxygen atoms in total. The standard InChI is InChI=1S/C14H10Cl2N6/c15-12-7-4-8-13(16)11(12)9-17-22-14(19-20-21-22)18-10-5-2-1-3-6-10/h1-9H,(H,18,19,21). The summed E-state index contributed by atoms with van der Waals surface area (Å²) in [6.45, 7) is 0. The van der Waals surface area contributed by atoms with Crippen LogP contribution in [0.3, 0.4) is 0 Å². The van der Waals surface area contributed by atoms with Gasteiger partial charge in [0.2, 0.25) is 0 Å². The zero-order valence-corrected chi connectivity index (χ0v) is 12.7. The normalized spacial score (nSPS) is 11.0. The Labute approximate surface area is 136 Å².